The molecule has 0 aliphatic heterocycles. The molecule has 0 aliphatic rings. The van der Waals surface area contributed by atoms with Crippen LogP contribution in [0.3, 0.4) is 0 Å². The smallest absolute Gasteiger partial charge is 0.328 e. The number of rotatable bonds is 4. The molecule has 1 N–H and O–H groups in total. The van der Waals surface area contributed by atoms with E-state index >= 15 is 0 Å². The van der Waals surface area contributed by atoms with Crippen LogP contribution in [0.4, 0.5) is 0 Å². The SMILES string of the molecule is O=C(O)/C=C/c1ccc(Cn2ccn3nccc3c2=O)s1. The molecule has 0 spiro atoms. The molecule has 3 heterocycles. The molecule has 106 valence electrons. The Balaban J connectivity index is 1.87. The van der Waals surface area contributed by atoms with Crippen LogP contribution in [0.15, 0.2) is 47.7 Å². The number of carboxylic acid groups (broad SMARTS) is 1. The minimum Gasteiger partial charge on any atom is -0.478 e. The maximum atomic E-state index is 12.2. The van der Waals surface area contributed by atoms with Crippen LogP contribution in [-0.2, 0) is 11.3 Å². The summed E-state index contributed by atoms with van der Waals surface area (Å²) in [6.07, 6.45) is 7.64. The summed E-state index contributed by atoms with van der Waals surface area (Å²) in [5.74, 6) is -0.979. The summed E-state index contributed by atoms with van der Waals surface area (Å²) in [5.41, 5.74) is 0.422. The van der Waals surface area contributed by atoms with E-state index in [1.54, 1.807) is 35.3 Å². The third-order valence-electron chi connectivity index (χ3n) is 2.94. The summed E-state index contributed by atoms with van der Waals surface area (Å²) in [4.78, 5) is 24.5. The van der Waals surface area contributed by atoms with Crippen LogP contribution in [0.1, 0.15) is 9.75 Å². The van der Waals surface area contributed by atoms with Gasteiger partial charge in [0.2, 0.25) is 0 Å². The fraction of sp³-hybridized carbons (Fsp3) is 0.0714. The monoisotopic (exact) mass is 301 g/mol. The molecule has 0 atom stereocenters. The van der Waals surface area contributed by atoms with Gasteiger partial charge in [0.25, 0.3) is 5.56 Å². The molecule has 3 aromatic heterocycles. The van der Waals surface area contributed by atoms with E-state index in [0.717, 1.165) is 15.8 Å². The Kier molecular flexibility index (Phi) is 3.41. The van der Waals surface area contributed by atoms with Gasteiger partial charge in [-0.15, -0.1) is 11.3 Å². The average molecular weight is 301 g/mol. The topological polar surface area (TPSA) is 76.6 Å². The lowest BCUT2D eigenvalue weighted by Crippen LogP contribution is -2.21. The Morgan fingerprint density at radius 2 is 2.19 bits per heavy atom. The van der Waals surface area contributed by atoms with E-state index in [4.69, 9.17) is 5.11 Å². The van der Waals surface area contributed by atoms with Crippen molar-refractivity contribution in [3.63, 3.8) is 0 Å². The fourth-order valence-corrected chi connectivity index (χ4v) is 2.89. The highest BCUT2D eigenvalue weighted by molar-refractivity contribution is 7.12. The Morgan fingerprint density at radius 3 is 3.00 bits per heavy atom. The molecule has 21 heavy (non-hydrogen) atoms. The molecule has 0 fully saturated rings. The third-order valence-corrected chi connectivity index (χ3v) is 3.97. The predicted octanol–water partition coefficient (Wildman–Crippen LogP) is 1.70. The van der Waals surface area contributed by atoms with Crippen molar-refractivity contribution in [2.24, 2.45) is 0 Å². The maximum absolute atomic E-state index is 12.2. The number of carbonyl (C=O) groups is 1. The number of fused-ring (bicyclic) bond motifs is 1. The Bertz CT molecular complexity index is 888. The second-order valence-corrected chi connectivity index (χ2v) is 5.57. The molecule has 0 saturated heterocycles. The Morgan fingerprint density at radius 1 is 1.33 bits per heavy atom. The zero-order valence-corrected chi connectivity index (χ0v) is 11.7. The van der Waals surface area contributed by atoms with E-state index < -0.39 is 5.97 Å². The number of thiophene rings is 1. The summed E-state index contributed by atoms with van der Waals surface area (Å²) in [5, 5.41) is 12.6. The minimum absolute atomic E-state index is 0.106. The molecule has 0 aliphatic carbocycles. The number of carboxylic acids is 1. The van der Waals surface area contributed by atoms with E-state index in [2.05, 4.69) is 5.10 Å². The molecular weight excluding hydrogens is 290 g/mol. The lowest BCUT2D eigenvalue weighted by molar-refractivity contribution is -0.131. The molecule has 0 radical (unpaired) electrons. The standard InChI is InChI=1S/C14H11N3O3S/c18-13(19)4-3-10-1-2-11(21-10)9-16-7-8-17-12(14(16)20)5-6-15-17/h1-8H,9H2,(H,18,19)/b4-3+. The second-order valence-electron chi connectivity index (χ2n) is 4.37. The summed E-state index contributed by atoms with van der Waals surface area (Å²) in [6.45, 7) is 0.450. The van der Waals surface area contributed by atoms with Crippen LogP contribution < -0.4 is 5.56 Å². The highest BCUT2D eigenvalue weighted by Crippen LogP contribution is 2.18. The van der Waals surface area contributed by atoms with Gasteiger partial charge in [-0.25, -0.2) is 9.31 Å². The normalized spacial score (nSPS) is 11.4. The summed E-state index contributed by atoms with van der Waals surface area (Å²) in [7, 11) is 0. The van der Waals surface area contributed by atoms with E-state index in [-0.39, 0.29) is 5.56 Å². The lowest BCUT2D eigenvalue weighted by Gasteiger charge is -2.03. The van der Waals surface area contributed by atoms with Crippen molar-refractivity contribution in [3.8, 4) is 0 Å². The van der Waals surface area contributed by atoms with Crippen LogP contribution >= 0.6 is 11.3 Å². The van der Waals surface area contributed by atoms with Gasteiger partial charge in [-0.3, -0.25) is 4.79 Å². The van der Waals surface area contributed by atoms with Crippen molar-refractivity contribution in [2.75, 3.05) is 0 Å². The highest BCUT2D eigenvalue weighted by Gasteiger charge is 2.05. The maximum Gasteiger partial charge on any atom is 0.328 e. The average Bonchev–Trinajstić information content (AvgIpc) is 3.09. The molecule has 6 nitrogen and oxygen atoms in total. The predicted molar refractivity (Wildman–Crippen MR) is 79.5 cm³/mol. The van der Waals surface area contributed by atoms with Crippen LogP contribution in [0.5, 0.6) is 0 Å². The van der Waals surface area contributed by atoms with Crippen molar-refractivity contribution in [1.82, 2.24) is 14.2 Å². The van der Waals surface area contributed by atoms with Crippen LogP contribution in [0, 0.1) is 0 Å². The minimum atomic E-state index is -0.979. The fourth-order valence-electron chi connectivity index (χ4n) is 1.98. The first kappa shape index (κ1) is 13.3. The van der Waals surface area contributed by atoms with Crippen molar-refractivity contribution in [3.05, 3.63) is 63.0 Å². The third kappa shape index (κ3) is 2.77. The molecule has 0 amide bonds. The lowest BCUT2D eigenvalue weighted by atomic mass is 10.4. The van der Waals surface area contributed by atoms with Crippen molar-refractivity contribution < 1.29 is 9.90 Å². The summed E-state index contributed by atoms with van der Waals surface area (Å²) < 4.78 is 3.14. The molecule has 0 aromatic carbocycles. The first-order chi connectivity index (χ1) is 10.1. The van der Waals surface area contributed by atoms with Crippen molar-refractivity contribution in [1.29, 1.82) is 0 Å². The van der Waals surface area contributed by atoms with Gasteiger partial charge in [0.1, 0.15) is 5.52 Å². The van der Waals surface area contributed by atoms with Crippen LogP contribution in [0.2, 0.25) is 0 Å². The van der Waals surface area contributed by atoms with Crippen molar-refractivity contribution in [2.45, 2.75) is 6.54 Å². The first-order valence-corrected chi connectivity index (χ1v) is 6.97. The molecule has 7 heteroatoms. The molecule has 3 aromatic rings. The van der Waals surface area contributed by atoms with E-state index in [1.165, 1.54) is 15.9 Å². The van der Waals surface area contributed by atoms with Gasteiger partial charge < -0.3 is 9.67 Å². The number of aliphatic carboxylic acids is 1. The number of hydrogen-bond donors (Lipinski definition) is 1. The highest BCUT2D eigenvalue weighted by atomic mass is 32.1. The Hall–Kier alpha value is -2.67. The van der Waals surface area contributed by atoms with Gasteiger partial charge in [-0.1, -0.05) is 0 Å². The van der Waals surface area contributed by atoms with Gasteiger partial charge in [0.05, 0.1) is 12.7 Å². The van der Waals surface area contributed by atoms with E-state index in [1.807, 2.05) is 12.1 Å². The van der Waals surface area contributed by atoms with Crippen LogP contribution in [0.25, 0.3) is 11.6 Å². The Labute approximate surface area is 123 Å². The molecule has 0 saturated carbocycles. The van der Waals surface area contributed by atoms with Gasteiger partial charge in [0, 0.05) is 28.2 Å². The molecule has 0 unspecified atom stereocenters. The molecule has 3 rings (SSSR count). The number of hydrogen-bond acceptors (Lipinski definition) is 4. The number of aromatic nitrogens is 3. The summed E-state index contributed by atoms with van der Waals surface area (Å²) >= 11 is 1.45. The summed E-state index contributed by atoms with van der Waals surface area (Å²) in [6, 6.07) is 5.40. The van der Waals surface area contributed by atoms with Crippen molar-refractivity contribution >= 4 is 28.9 Å². The van der Waals surface area contributed by atoms with Crippen LogP contribution in [-0.4, -0.2) is 25.3 Å². The molecular formula is C14H11N3O3S. The quantitative estimate of drug-likeness (QED) is 0.744. The largest absolute Gasteiger partial charge is 0.478 e. The van der Waals surface area contributed by atoms with Gasteiger partial charge in [-0.2, -0.15) is 5.10 Å². The zero-order chi connectivity index (χ0) is 14.8. The van der Waals surface area contributed by atoms with Gasteiger partial charge in [-0.05, 0) is 24.3 Å². The van der Waals surface area contributed by atoms with Gasteiger partial charge >= 0.3 is 5.97 Å². The van der Waals surface area contributed by atoms with E-state index in [9.17, 15) is 9.59 Å². The zero-order valence-electron chi connectivity index (χ0n) is 10.8. The van der Waals surface area contributed by atoms with Gasteiger partial charge in [0.15, 0.2) is 0 Å². The molecule has 0 bridgehead atoms. The van der Waals surface area contributed by atoms with E-state index in [0.29, 0.717) is 12.1 Å². The first-order valence-electron chi connectivity index (χ1n) is 6.16. The number of nitrogens with zero attached hydrogens (tertiary/aromatic N) is 3. The second kappa shape index (κ2) is 5.37.